The molecule has 0 saturated carbocycles. The smallest absolute Gasteiger partial charge is 0.241 e. The van der Waals surface area contributed by atoms with Gasteiger partial charge in [0.15, 0.2) is 0 Å². The van der Waals surface area contributed by atoms with Gasteiger partial charge in [-0.2, -0.15) is 0 Å². The van der Waals surface area contributed by atoms with Crippen molar-refractivity contribution in [3.05, 3.63) is 35.9 Å². The van der Waals surface area contributed by atoms with Gasteiger partial charge in [0.05, 0.1) is 0 Å². The van der Waals surface area contributed by atoms with Gasteiger partial charge in [0.1, 0.15) is 6.04 Å². The summed E-state index contributed by atoms with van der Waals surface area (Å²) >= 11 is 0. The van der Waals surface area contributed by atoms with Gasteiger partial charge in [-0.25, -0.2) is 5.43 Å². The van der Waals surface area contributed by atoms with Gasteiger partial charge in [0, 0.05) is 38.1 Å². The zero-order valence-corrected chi connectivity index (χ0v) is 16.6. The molecule has 2 saturated heterocycles. The van der Waals surface area contributed by atoms with Crippen LogP contribution < -0.4 is 10.9 Å². The average Bonchev–Trinajstić information content (AvgIpc) is 2.99. The van der Waals surface area contributed by atoms with Crippen LogP contribution in [0.5, 0.6) is 0 Å². The van der Waals surface area contributed by atoms with E-state index in [1.807, 2.05) is 28.0 Å². The Kier molecular flexibility index (Phi) is 6.50. The number of carbonyl (C=O) groups is 2. The van der Waals surface area contributed by atoms with Gasteiger partial charge >= 0.3 is 0 Å². The van der Waals surface area contributed by atoms with E-state index in [0.717, 1.165) is 18.4 Å². The Morgan fingerprint density at radius 2 is 1.89 bits per heavy atom. The average molecular weight is 373 g/mol. The van der Waals surface area contributed by atoms with Gasteiger partial charge in [-0.1, -0.05) is 51.1 Å². The van der Waals surface area contributed by atoms with E-state index in [1.165, 1.54) is 0 Å². The summed E-state index contributed by atoms with van der Waals surface area (Å²) < 4.78 is 0. The molecule has 148 valence electrons. The number of hydrazine groups is 1. The van der Waals surface area contributed by atoms with Crippen LogP contribution in [0, 0.1) is 5.92 Å². The third-order valence-corrected chi connectivity index (χ3v) is 6.06. The van der Waals surface area contributed by atoms with E-state index in [9.17, 15) is 9.59 Å². The van der Waals surface area contributed by atoms with Crippen LogP contribution in [0.1, 0.15) is 45.6 Å². The van der Waals surface area contributed by atoms with Crippen LogP contribution in [0.25, 0.3) is 0 Å². The van der Waals surface area contributed by atoms with Gasteiger partial charge in [0.2, 0.25) is 11.8 Å². The molecule has 6 heteroatoms. The molecule has 0 bridgehead atoms. The number of hydrogen-bond acceptors (Lipinski definition) is 4. The SMILES string of the molecule is CCC1NNC(C(=O)N2CCC(=O)N(Cc3ccccc3)C(CC)C2)C1C. The molecule has 4 unspecified atom stereocenters. The van der Waals surface area contributed by atoms with E-state index in [4.69, 9.17) is 0 Å². The second-order valence-electron chi connectivity index (χ2n) is 7.74. The molecule has 2 fully saturated rings. The van der Waals surface area contributed by atoms with Crippen molar-refractivity contribution >= 4 is 11.8 Å². The zero-order chi connectivity index (χ0) is 19.4. The molecule has 1 aromatic carbocycles. The van der Waals surface area contributed by atoms with Crippen LogP contribution in [-0.2, 0) is 16.1 Å². The number of benzene rings is 1. The van der Waals surface area contributed by atoms with E-state index in [1.54, 1.807) is 0 Å². The minimum Gasteiger partial charge on any atom is -0.339 e. The Labute approximate surface area is 162 Å². The second-order valence-corrected chi connectivity index (χ2v) is 7.74. The Hall–Kier alpha value is -1.92. The summed E-state index contributed by atoms with van der Waals surface area (Å²) in [6, 6.07) is 10.2. The van der Waals surface area contributed by atoms with Crippen molar-refractivity contribution in [1.82, 2.24) is 20.7 Å². The normalized spacial score (nSPS) is 29.1. The molecule has 0 spiro atoms. The highest BCUT2D eigenvalue weighted by molar-refractivity contribution is 5.84. The first-order chi connectivity index (χ1) is 13.0. The van der Waals surface area contributed by atoms with Crippen molar-refractivity contribution in [3.63, 3.8) is 0 Å². The maximum absolute atomic E-state index is 13.2. The molecule has 2 N–H and O–H groups in total. The lowest BCUT2D eigenvalue weighted by molar-refractivity contribution is -0.135. The first kappa shape index (κ1) is 19.8. The predicted molar refractivity (Wildman–Crippen MR) is 106 cm³/mol. The number of rotatable bonds is 5. The van der Waals surface area contributed by atoms with Crippen LogP contribution in [0.3, 0.4) is 0 Å². The molecule has 2 heterocycles. The lowest BCUT2D eigenvalue weighted by Gasteiger charge is -2.32. The van der Waals surface area contributed by atoms with Gasteiger partial charge in [-0.15, -0.1) is 0 Å². The highest BCUT2D eigenvalue weighted by Crippen LogP contribution is 2.22. The van der Waals surface area contributed by atoms with Crippen LogP contribution >= 0.6 is 0 Å². The standard InChI is InChI=1S/C21H32N4O2/c1-4-17-14-24(21(27)20-15(3)18(5-2)22-23-20)12-11-19(26)25(17)13-16-9-7-6-8-10-16/h6-10,15,17-18,20,22-23H,4-5,11-14H2,1-3H3. The topological polar surface area (TPSA) is 64.7 Å². The van der Waals surface area contributed by atoms with E-state index in [0.29, 0.717) is 32.1 Å². The zero-order valence-electron chi connectivity index (χ0n) is 16.6. The first-order valence-corrected chi connectivity index (χ1v) is 10.2. The molecule has 0 aromatic heterocycles. The van der Waals surface area contributed by atoms with Crippen molar-refractivity contribution in [2.45, 2.75) is 64.7 Å². The summed E-state index contributed by atoms with van der Waals surface area (Å²) in [5.74, 6) is 0.485. The molecule has 1 aromatic rings. The lowest BCUT2D eigenvalue weighted by atomic mass is 9.94. The summed E-state index contributed by atoms with van der Waals surface area (Å²) in [4.78, 5) is 29.8. The van der Waals surface area contributed by atoms with Crippen LogP contribution in [0.2, 0.25) is 0 Å². The molecule has 27 heavy (non-hydrogen) atoms. The maximum Gasteiger partial charge on any atom is 0.241 e. The molecule has 0 radical (unpaired) electrons. The van der Waals surface area contributed by atoms with Crippen molar-refractivity contribution in [1.29, 1.82) is 0 Å². The Balaban J connectivity index is 1.71. The van der Waals surface area contributed by atoms with Gasteiger partial charge in [0.25, 0.3) is 0 Å². The summed E-state index contributed by atoms with van der Waals surface area (Å²) in [5, 5.41) is 0. The maximum atomic E-state index is 13.2. The Bertz CT molecular complexity index is 651. The molecule has 3 rings (SSSR count). The predicted octanol–water partition coefficient (Wildman–Crippen LogP) is 1.92. The summed E-state index contributed by atoms with van der Waals surface area (Å²) in [6.07, 6.45) is 2.21. The summed E-state index contributed by atoms with van der Waals surface area (Å²) in [6.45, 7) is 8.05. The fraction of sp³-hybridized carbons (Fsp3) is 0.619. The highest BCUT2D eigenvalue weighted by atomic mass is 16.2. The molecular formula is C21H32N4O2. The number of nitrogens with zero attached hydrogens (tertiary/aromatic N) is 2. The highest BCUT2D eigenvalue weighted by Gasteiger charge is 2.40. The van der Waals surface area contributed by atoms with Crippen molar-refractivity contribution in [2.24, 2.45) is 5.92 Å². The third-order valence-electron chi connectivity index (χ3n) is 6.06. The number of hydrogen-bond donors (Lipinski definition) is 2. The quantitative estimate of drug-likeness (QED) is 0.829. The van der Waals surface area contributed by atoms with Gasteiger partial charge < -0.3 is 9.80 Å². The summed E-state index contributed by atoms with van der Waals surface area (Å²) in [5.41, 5.74) is 7.55. The minimum absolute atomic E-state index is 0.0517. The molecule has 4 atom stereocenters. The first-order valence-electron chi connectivity index (χ1n) is 10.2. The Morgan fingerprint density at radius 1 is 1.15 bits per heavy atom. The monoisotopic (exact) mass is 372 g/mol. The molecule has 6 nitrogen and oxygen atoms in total. The van der Waals surface area contributed by atoms with Crippen molar-refractivity contribution < 1.29 is 9.59 Å². The van der Waals surface area contributed by atoms with E-state index in [-0.39, 0.29) is 29.8 Å². The van der Waals surface area contributed by atoms with E-state index < -0.39 is 0 Å². The minimum atomic E-state index is -0.219. The van der Waals surface area contributed by atoms with Crippen molar-refractivity contribution in [2.75, 3.05) is 13.1 Å². The number of amides is 2. The second kappa shape index (κ2) is 8.85. The largest absolute Gasteiger partial charge is 0.339 e. The molecular weight excluding hydrogens is 340 g/mol. The van der Waals surface area contributed by atoms with E-state index in [2.05, 4.69) is 43.8 Å². The lowest BCUT2D eigenvalue weighted by Crippen LogP contribution is -2.50. The molecule has 2 aliphatic rings. The third kappa shape index (κ3) is 4.33. The van der Waals surface area contributed by atoms with E-state index >= 15 is 0 Å². The molecule has 2 amide bonds. The fourth-order valence-corrected chi connectivity index (χ4v) is 4.22. The van der Waals surface area contributed by atoms with Crippen LogP contribution in [0.15, 0.2) is 30.3 Å². The Morgan fingerprint density at radius 3 is 2.52 bits per heavy atom. The van der Waals surface area contributed by atoms with Crippen LogP contribution in [0.4, 0.5) is 0 Å². The number of carbonyl (C=O) groups excluding carboxylic acids is 2. The summed E-state index contributed by atoms with van der Waals surface area (Å²) in [7, 11) is 0. The molecule has 2 aliphatic heterocycles. The molecule has 0 aliphatic carbocycles. The van der Waals surface area contributed by atoms with Crippen molar-refractivity contribution in [3.8, 4) is 0 Å². The number of nitrogens with one attached hydrogen (secondary N) is 2. The van der Waals surface area contributed by atoms with Gasteiger partial charge in [-0.3, -0.25) is 15.0 Å². The van der Waals surface area contributed by atoms with Crippen LogP contribution in [-0.4, -0.2) is 52.8 Å². The fourth-order valence-electron chi connectivity index (χ4n) is 4.22. The van der Waals surface area contributed by atoms with Gasteiger partial charge in [-0.05, 0) is 24.3 Å².